The minimum absolute atomic E-state index is 0.180. The first-order chi connectivity index (χ1) is 8.65. The Balaban J connectivity index is 1.82. The lowest BCUT2D eigenvalue weighted by molar-refractivity contribution is 0.126. The van der Waals surface area contributed by atoms with Gasteiger partial charge in [-0.1, -0.05) is 12.1 Å². The third kappa shape index (κ3) is 3.43. The van der Waals surface area contributed by atoms with Crippen molar-refractivity contribution in [2.75, 3.05) is 13.1 Å². The third-order valence-corrected chi connectivity index (χ3v) is 3.20. The number of likely N-dealkylation sites (tertiary alicyclic amines) is 1. The normalized spacial score (nSPS) is 19.8. The monoisotopic (exact) mass is 252 g/mol. The molecule has 98 valence electrons. The average Bonchev–Trinajstić information content (AvgIpc) is 2.38. The summed E-state index contributed by atoms with van der Waals surface area (Å²) in [6.07, 6.45) is 1.00. The molecule has 0 bridgehead atoms. The number of piperidine rings is 1. The molecule has 0 spiro atoms. The Bertz CT molecular complexity index is 408. The van der Waals surface area contributed by atoms with E-state index in [4.69, 9.17) is 5.11 Å². The predicted octanol–water partition coefficient (Wildman–Crippen LogP) is 2.06. The van der Waals surface area contributed by atoms with Crippen molar-refractivity contribution in [2.24, 2.45) is 0 Å². The average molecular weight is 252 g/mol. The highest BCUT2D eigenvalue weighted by Gasteiger charge is 2.22. The van der Waals surface area contributed by atoms with Gasteiger partial charge >= 0.3 is 6.09 Å². The van der Waals surface area contributed by atoms with Crippen LogP contribution in [0.2, 0.25) is 0 Å². The van der Waals surface area contributed by atoms with Gasteiger partial charge in [0.05, 0.1) is 0 Å². The van der Waals surface area contributed by atoms with Crippen LogP contribution in [0.15, 0.2) is 24.3 Å². The number of carboxylic acid groups (broad SMARTS) is 1. The minimum Gasteiger partial charge on any atom is -0.465 e. The fraction of sp³-hybridized carbons (Fsp3) is 0.462. The molecule has 18 heavy (non-hydrogen) atoms. The quantitative estimate of drug-likeness (QED) is 0.865. The standard InChI is InChI=1S/C13H17FN2O2/c14-11-5-3-10(4-6-11)8-15-12-2-1-7-16(9-12)13(17)18/h3-6,12,15H,1-2,7-9H2,(H,17,18). The van der Waals surface area contributed by atoms with Crippen molar-refractivity contribution in [3.05, 3.63) is 35.6 Å². The van der Waals surface area contributed by atoms with Crippen molar-refractivity contribution >= 4 is 6.09 Å². The van der Waals surface area contributed by atoms with E-state index >= 15 is 0 Å². The fourth-order valence-electron chi connectivity index (χ4n) is 2.18. The van der Waals surface area contributed by atoms with Crippen LogP contribution in [-0.2, 0) is 6.54 Å². The highest BCUT2D eigenvalue weighted by Crippen LogP contribution is 2.11. The van der Waals surface area contributed by atoms with Crippen LogP contribution >= 0.6 is 0 Å². The number of hydrogen-bond acceptors (Lipinski definition) is 2. The number of nitrogens with zero attached hydrogens (tertiary/aromatic N) is 1. The van der Waals surface area contributed by atoms with Crippen LogP contribution in [0.3, 0.4) is 0 Å². The Labute approximate surface area is 105 Å². The Morgan fingerprint density at radius 1 is 1.44 bits per heavy atom. The Kier molecular flexibility index (Phi) is 4.15. The number of benzene rings is 1. The Morgan fingerprint density at radius 2 is 2.17 bits per heavy atom. The molecule has 1 aromatic rings. The maximum absolute atomic E-state index is 12.7. The highest BCUT2D eigenvalue weighted by atomic mass is 19.1. The first-order valence-corrected chi connectivity index (χ1v) is 6.11. The van der Waals surface area contributed by atoms with E-state index in [2.05, 4.69) is 5.32 Å². The van der Waals surface area contributed by atoms with Crippen LogP contribution < -0.4 is 5.32 Å². The molecular formula is C13H17FN2O2. The van der Waals surface area contributed by atoms with E-state index in [1.165, 1.54) is 17.0 Å². The molecular weight excluding hydrogens is 235 g/mol. The maximum Gasteiger partial charge on any atom is 0.407 e. The number of hydrogen-bond donors (Lipinski definition) is 2. The van der Waals surface area contributed by atoms with Crippen molar-refractivity contribution in [3.8, 4) is 0 Å². The lowest BCUT2D eigenvalue weighted by atomic mass is 10.1. The van der Waals surface area contributed by atoms with E-state index in [-0.39, 0.29) is 11.9 Å². The second kappa shape index (κ2) is 5.82. The van der Waals surface area contributed by atoms with E-state index in [1.54, 1.807) is 12.1 Å². The molecule has 2 N–H and O–H groups in total. The molecule has 0 radical (unpaired) electrons. The summed E-state index contributed by atoms with van der Waals surface area (Å²) in [4.78, 5) is 12.3. The van der Waals surface area contributed by atoms with Gasteiger partial charge in [0.1, 0.15) is 5.82 Å². The molecule has 1 aliphatic heterocycles. The summed E-state index contributed by atoms with van der Waals surface area (Å²) in [5, 5.41) is 12.2. The van der Waals surface area contributed by atoms with Crippen molar-refractivity contribution in [1.29, 1.82) is 0 Å². The van der Waals surface area contributed by atoms with Gasteiger partial charge in [-0.2, -0.15) is 0 Å². The molecule has 1 atom stereocenters. The zero-order valence-electron chi connectivity index (χ0n) is 10.1. The summed E-state index contributed by atoms with van der Waals surface area (Å²) in [5.74, 6) is -0.242. The van der Waals surface area contributed by atoms with E-state index in [1.807, 2.05) is 0 Å². The molecule has 1 heterocycles. The summed E-state index contributed by atoms with van der Waals surface area (Å²) < 4.78 is 12.7. The van der Waals surface area contributed by atoms with Gasteiger partial charge in [0.15, 0.2) is 0 Å². The van der Waals surface area contributed by atoms with Crippen LogP contribution in [0, 0.1) is 5.82 Å². The van der Waals surface area contributed by atoms with Crippen LogP contribution in [-0.4, -0.2) is 35.2 Å². The lowest BCUT2D eigenvalue weighted by Gasteiger charge is -2.31. The van der Waals surface area contributed by atoms with E-state index in [0.717, 1.165) is 18.4 Å². The summed E-state index contributed by atoms with van der Waals surface area (Å²) in [6, 6.07) is 6.52. The van der Waals surface area contributed by atoms with Gasteiger partial charge in [-0.3, -0.25) is 0 Å². The number of rotatable bonds is 3. The molecule has 4 nitrogen and oxygen atoms in total. The maximum atomic E-state index is 12.7. The van der Waals surface area contributed by atoms with Crippen LogP contribution in [0.5, 0.6) is 0 Å². The van der Waals surface area contributed by atoms with Gasteiger partial charge in [-0.25, -0.2) is 9.18 Å². The van der Waals surface area contributed by atoms with Gasteiger partial charge in [0.2, 0.25) is 0 Å². The van der Waals surface area contributed by atoms with Gasteiger partial charge in [0.25, 0.3) is 0 Å². The van der Waals surface area contributed by atoms with Crippen molar-refractivity contribution in [1.82, 2.24) is 10.2 Å². The molecule has 2 rings (SSSR count). The summed E-state index contributed by atoms with van der Waals surface area (Å²) in [6.45, 7) is 1.78. The van der Waals surface area contributed by atoms with Crippen molar-refractivity contribution in [3.63, 3.8) is 0 Å². The zero-order chi connectivity index (χ0) is 13.0. The minimum atomic E-state index is -0.858. The first kappa shape index (κ1) is 12.8. The third-order valence-electron chi connectivity index (χ3n) is 3.20. The predicted molar refractivity (Wildman–Crippen MR) is 65.9 cm³/mol. The largest absolute Gasteiger partial charge is 0.465 e. The van der Waals surface area contributed by atoms with E-state index in [0.29, 0.717) is 19.6 Å². The molecule has 5 heteroatoms. The highest BCUT2D eigenvalue weighted by molar-refractivity contribution is 5.65. The molecule has 0 saturated carbocycles. The second-order valence-corrected chi connectivity index (χ2v) is 4.58. The molecule has 0 aromatic heterocycles. The number of amides is 1. The molecule has 1 saturated heterocycles. The molecule has 1 amide bonds. The van der Waals surface area contributed by atoms with E-state index in [9.17, 15) is 9.18 Å². The van der Waals surface area contributed by atoms with Crippen molar-refractivity contribution < 1.29 is 14.3 Å². The number of nitrogens with one attached hydrogen (secondary N) is 1. The Hall–Kier alpha value is -1.62. The van der Waals surface area contributed by atoms with Crippen LogP contribution in [0.4, 0.5) is 9.18 Å². The summed E-state index contributed by atoms with van der Waals surface area (Å²) in [7, 11) is 0. The van der Waals surface area contributed by atoms with Gasteiger partial charge in [-0.15, -0.1) is 0 Å². The SMILES string of the molecule is O=C(O)N1CCCC(NCc2ccc(F)cc2)C1. The zero-order valence-corrected chi connectivity index (χ0v) is 10.1. The number of carbonyl (C=O) groups is 1. The smallest absolute Gasteiger partial charge is 0.407 e. The van der Waals surface area contributed by atoms with Gasteiger partial charge < -0.3 is 15.3 Å². The fourth-order valence-corrected chi connectivity index (χ4v) is 2.18. The molecule has 1 aromatic carbocycles. The molecule has 1 aliphatic rings. The van der Waals surface area contributed by atoms with Crippen molar-refractivity contribution in [2.45, 2.75) is 25.4 Å². The summed E-state index contributed by atoms with van der Waals surface area (Å²) >= 11 is 0. The summed E-state index contributed by atoms with van der Waals surface area (Å²) in [5.41, 5.74) is 1.00. The van der Waals surface area contributed by atoms with Crippen LogP contribution in [0.25, 0.3) is 0 Å². The first-order valence-electron chi connectivity index (χ1n) is 6.11. The van der Waals surface area contributed by atoms with Gasteiger partial charge in [0, 0.05) is 25.7 Å². The lowest BCUT2D eigenvalue weighted by Crippen LogP contribution is -2.47. The van der Waals surface area contributed by atoms with E-state index < -0.39 is 6.09 Å². The number of halogens is 1. The molecule has 1 fully saturated rings. The molecule has 1 unspecified atom stereocenters. The topological polar surface area (TPSA) is 52.6 Å². The molecule has 0 aliphatic carbocycles. The Morgan fingerprint density at radius 3 is 2.83 bits per heavy atom. The van der Waals surface area contributed by atoms with Crippen LogP contribution in [0.1, 0.15) is 18.4 Å². The van der Waals surface area contributed by atoms with Gasteiger partial charge in [-0.05, 0) is 30.5 Å². The second-order valence-electron chi connectivity index (χ2n) is 4.58.